The van der Waals surface area contributed by atoms with Gasteiger partial charge < -0.3 is 5.32 Å². The first kappa shape index (κ1) is 15.4. The average molecular weight is 385 g/mol. The molecular formula is C13H8BrF3N6. The highest BCUT2D eigenvalue weighted by molar-refractivity contribution is 9.10. The monoisotopic (exact) mass is 384 g/mol. The number of rotatable bonds is 3. The largest absolute Gasteiger partial charge is 0.453 e. The molecule has 0 aliphatic heterocycles. The topological polar surface area (TPSA) is 68.5 Å². The minimum Gasteiger partial charge on any atom is -0.354 e. The lowest BCUT2D eigenvalue weighted by Gasteiger charge is -2.07. The lowest BCUT2D eigenvalue weighted by molar-refractivity contribution is -0.144. The van der Waals surface area contributed by atoms with E-state index in [1.165, 1.54) is 12.3 Å². The van der Waals surface area contributed by atoms with Crippen LogP contribution in [0.15, 0.2) is 47.3 Å². The molecule has 0 saturated carbocycles. The summed E-state index contributed by atoms with van der Waals surface area (Å²) in [4.78, 5) is 3.33. The number of benzene rings is 1. The Hall–Kier alpha value is -2.49. The first-order valence-electron chi connectivity index (χ1n) is 6.28. The minimum atomic E-state index is -4.64. The van der Waals surface area contributed by atoms with Crippen molar-refractivity contribution in [1.29, 1.82) is 0 Å². The van der Waals surface area contributed by atoms with Gasteiger partial charge in [0, 0.05) is 11.8 Å². The number of hydrogen-bond acceptors (Lipinski definition) is 5. The van der Waals surface area contributed by atoms with Crippen molar-refractivity contribution in [2.75, 3.05) is 5.32 Å². The fraction of sp³-hybridized carbons (Fsp3) is 0.0769. The third-order valence-corrected chi connectivity index (χ3v) is 3.26. The number of alkyl halides is 3. The summed E-state index contributed by atoms with van der Waals surface area (Å²) in [6.07, 6.45) is -3.19. The number of nitrogens with zero attached hydrogens (tertiary/aromatic N) is 5. The Kier molecular flexibility index (Phi) is 3.99. The molecule has 2 aromatic heterocycles. The summed E-state index contributed by atoms with van der Waals surface area (Å²) in [5, 5.41) is 14.0. The van der Waals surface area contributed by atoms with E-state index in [1.54, 1.807) is 0 Å². The van der Waals surface area contributed by atoms with Crippen LogP contribution in [0, 0.1) is 0 Å². The van der Waals surface area contributed by atoms with E-state index in [-0.39, 0.29) is 10.6 Å². The smallest absolute Gasteiger partial charge is 0.354 e. The molecule has 0 atom stereocenters. The van der Waals surface area contributed by atoms with Crippen molar-refractivity contribution in [3.8, 4) is 5.82 Å². The zero-order chi connectivity index (χ0) is 16.4. The Labute approximate surface area is 136 Å². The van der Waals surface area contributed by atoms with Crippen molar-refractivity contribution < 1.29 is 13.2 Å². The second-order valence-corrected chi connectivity index (χ2v) is 5.12. The van der Waals surface area contributed by atoms with Crippen LogP contribution in [0.4, 0.5) is 24.5 Å². The van der Waals surface area contributed by atoms with Gasteiger partial charge in [-0.25, -0.2) is 0 Å². The zero-order valence-electron chi connectivity index (χ0n) is 11.3. The van der Waals surface area contributed by atoms with Gasteiger partial charge in [0.1, 0.15) is 0 Å². The fourth-order valence-corrected chi connectivity index (χ4v) is 2.20. The lowest BCUT2D eigenvalue weighted by atomic mass is 10.3. The van der Waals surface area contributed by atoms with Crippen molar-refractivity contribution in [3.63, 3.8) is 0 Å². The second-order valence-electron chi connectivity index (χ2n) is 4.41. The van der Waals surface area contributed by atoms with Crippen LogP contribution in [0.25, 0.3) is 5.82 Å². The molecule has 0 saturated heterocycles. The highest BCUT2D eigenvalue weighted by Gasteiger charge is 2.37. The van der Waals surface area contributed by atoms with Crippen molar-refractivity contribution in [2.45, 2.75) is 6.18 Å². The van der Waals surface area contributed by atoms with E-state index in [4.69, 9.17) is 0 Å². The maximum Gasteiger partial charge on any atom is 0.453 e. The second kappa shape index (κ2) is 5.95. The Morgan fingerprint density at radius 1 is 1.09 bits per heavy atom. The molecule has 118 valence electrons. The molecular weight excluding hydrogens is 377 g/mol. The first-order valence-corrected chi connectivity index (χ1v) is 7.08. The Balaban J connectivity index is 1.93. The fourth-order valence-electron chi connectivity index (χ4n) is 1.77. The molecule has 0 radical (unpaired) electrons. The molecule has 6 nitrogen and oxygen atoms in total. The summed E-state index contributed by atoms with van der Waals surface area (Å²) in [5.74, 6) is -1.16. The van der Waals surface area contributed by atoms with E-state index in [2.05, 4.69) is 41.5 Å². The molecule has 3 rings (SSSR count). The van der Waals surface area contributed by atoms with Crippen molar-refractivity contribution in [1.82, 2.24) is 25.0 Å². The molecule has 0 unspecified atom stereocenters. The average Bonchev–Trinajstić information content (AvgIpc) is 2.91. The summed E-state index contributed by atoms with van der Waals surface area (Å²) < 4.78 is 38.8. The summed E-state index contributed by atoms with van der Waals surface area (Å²) in [6.45, 7) is 0. The van der Waals surface area contributed by atoms with Crippen LogP contribution in [0.3, 0.4) is 0 Å². The van der Waals surface area contributed by atoms with E-state index >= 15 is 0 Å². The summed E-state index contributed by atoms with van der Waals surface area (Å²) in [6, 6.07) is 10.8. The maximum absolute atomic E-state index is 12.7. The number of hydrogen-bond donors (Lipinski definition) is 1. The number of aromatic nitrogens is 5. The first-order chi connectivity index (χ1) is 10.9. The van der Waals surface area contributed by atoms with E-state index in [9.17, 15) is 13.2 Å². The highest BCUT2D eigenvalue weighted by Crippen LogP contribution is 2.28. The van der Waals surface area contributed by atoms with Gasteiger partial charge in [0.2, 0.25) is 4.73 Å². The Morgan fingerprint density at radius 3 is 2.48 bits per heavy atom. The lowest BCUT2D eigenvalue weighted by Crippen LogP contribution is -2.09. The van der Waals surface area contributed by atoms with Crippen molar-refractivity contribution in [3.05, 3.63) is 53.2 Å². The van der Waals surface area contributed by atoms with Crippen LogP contribution in [0.5, 0.6) is 0 Å². The van der Waals surface area contributed by atoms with Crippen LogP contribution in [0.2, 0.25) is 0 Å². The molecule has 1 N–H and O–H groups in total. The molecule has 0 fully saturated rings. The van der Waals surface area contributed by atoms with Gasteiger partial charge in [0.25, 0.3) is 5.82 Å². The number of nitrogens with one attached hydrogen (secondary N) is 1. The highest BCUT2D eigenvalue weighted by atomic mass is 79.9. The normalized spacial score (nSPS) is 11.5. The summed E-state index contributed by atoms with van der Waals surface area (Å²) >= 11 is 2.94. The van der Waals surface area contributed by atoms with E-state index < -0.39 is 12.0 Å². The van der Waals surface area contributed by atoms with Crippen LogP contribution < -0.4 is 5.32 Å². The summed E-state index contributed by atoms with van der Waals surface area (Å²) in [5.41, 5.74) is 1.36. The van der Waals surface area contributed by atoms with E-state index in [0.29, 0.717) is 5.69 Å². The number of halogens is 4. The van der Waals surface area contributed by atoms with Gasteiger partial charge in [-0.05, 0) is 28.1 Å². The third kappa shape index (κ3) is 3.47. The van der Waals surface area contributed by atoms with Gasteiger partial charge in [0.05, 0.1) is 11.9 Å². The molecule has 3 aromatic rings. The Morgan fingerprint density at radius 2 is 1.83 bits per heavy atom. The predicted octanol–water partition coefficient (Wildman–Crippen LogP) is 3.58. The van der Waals surface area contributed by atoms with Gasteiger partial charge in [-0.3, -0.25) is 0 Å². The standard InChI is InChI=1S/C13H8BrF3N6/c14-12-20-11(13(15,16)17)22-23(12)10-6-9(7-18-21-10)19-8-4-2-1-3-5-8/h1-7H,(H,19,21). The zero-order valence-corrected chi connectivity index (χ0v) is 12.9. The van der Waals surface area contributed by atoms with E-state index in [0.717, 1.165) is 10.4 Å². The Bertz CT molecular complexity index is 818. The SMILES string of the molecule is FC(F)(F)c1nc(Br)n(-c2cc(Nc3ccccc3)cnn2)n1. The third-order valence-electron chi connectivity index (χ3n) is 2.74. The number of para-hydroxylation sites is 1. The van der Waals surface area contributed by atoms with Crippen LogP contribution in [0.1, 0.15) is 5.82 Å². The summed E-state index contributed by atoms with van der Waals surface area (Å²) in [7, 11) is 0. The molecule has 2 heterocycles. The number of anilines is 2. The van der Waals surface area contributed by atoms with Gasteiger partial charge in [0.15, 0.2) is 5.82 Å². The van der Waals surface area contributed by atoms with Crippen LogP contribution in [-0.4, -0.2) is 25.0 Å². The molecule has 10 heteroatoms. The predicted molar refractivity (Wildman–Crippen MR) is 79.4 cm³/mol. The van der Waals surface area contributed by atoms with Gasteiger partial charge in [-0.2, -0.15) is 27.9 Å². The van der Waals surface area contributed by atoms with Gasteiger partial charge in [-0.1, -0.05) is 18.2 Å². The molecule has 0 amide bonds. The maximum atomic E-state index is 12.7. The van der Waals surface area contributed by atoms with Gasteiger partial charge >= 0.3 is 6.18 Å². The molecule has 0 bridgehead atoms. The molecule has 0 aliphatic rings. The molecule has 0 spiro atoms. The van der Waals surface area contributed by atoms with Crippen molar-refractivity contribution in [2.24, 2.45) is 0 Å². The van der Waals surface area contributed by atoms with E-state index in [1.807, 2.05) is 30.3 Å². The van der Waals surface area contributed by atoms with Crippen LogP contribution >= 0.6 is 15.9 Å². The van der Waals surface area contributed by atoms with Gasteiger partial charge in [-0.15, -0.1) is 10.2 Å². The minimum absolute atomic E-state index is 0.0980. The molecule has 1 aromatic carbocycles. The van der Waals surface area contributed by atoms with Crippen LogP contribution in [-0.2, 0) is 6.18 Å². The molecule has 0 aliphatic carbocycles. The van der Waals surface area contributed by atoms with Crippen molar-refractivity contribution >= 4 is 27.3 Å². The quantitative estimate of drug-likeness (QED) is 0.747. The molecule has 23 heavy (non-hydrogen) atoms.